The molecule has 2 amide bonds. The number of ketones is 1. The minimum atomic E-state index is -0.948. The molecule has 2 heterocycles. The van der Waals surface area contributed by atoms with E-state index < -0.39 is 28.6 Å². The van der Waals surface area contributed by atoms with Gasteiger partial charge in [0.05, 0.1) is 29.1 Å². The molecule has 0 aliphatic carbocycles. The molecule has 1 atom stereocenters. The highest BCUT2D eigenvalue weighted by Crippen LogP contribution is 2.33. The Balaban J connectivity index is 1.50. The molecule has 1 fully saturated rings. The summed E-state index contributed by atoms with van der Waals surface area (Å²) in [5.41, 5.74) is 0.0739. The van der Waals surface area contributed by atoms with Crippen LogP contribution in [0.4, 0.5) is 10.1 Å². The fourth-order valence-electron chi connectivity index (χ4n) is 4.56. The number of rotatable bonds is 9. The standard InChI is InChI=1S/C29H34FN5O4/c1-18(2)23(24(37)25-32-33-26(39-25)29(5,6)19-12-14-20(30)15-13-19)31-22(36)16-34-27(38)28(3,4)17-35(34)21-10-8-7-9-11-21/h7-15,18,23H,16-17H2,1-6H3,(H,31,36)/t23-/m0/s1. The number of halogens is 1. The molecule has 0 unspecified atom stereocenters. The second kappa shape index (κ2) is 10.6. The first-order chi connectivity index (χ1) is 18.3. The van der Waals surface area contributed by atoms with Crippen LogP contribution in [-0.4, -0.2) is 51.9 Å². The quantitative estimate of drug-likeness (QED) is 0.410. The summed E-state index contributed by atoms with van der Waals surface area (Å²) in [4.78, 5) is 39.7. The maximum Gasteiger partial charge on any atom is 0.286 e. The number of para-hydroxylation sites is 1. The van der Waals surface area contributed by atoms with Crippen LogP contribution < -0.4 is 10.3 Å². The zero-order chi connectivity index (χ0) is 28.5. The van der Waals surface area contributed by atoms with Crippen LogP contribution in [0.25, 0.3) is 0 Å². The van der Waals surface area contributed by atoms with Crippen molar-refractivity contribution >= 4 is 23.3 Å². The number of hydrogen-bond acceptors (Lipinski definition) is 7. The van der Waals surface area contributed by atoms with E-state index in [4.69, 9.17) is 4.42 Å². The molecule has 3 aromatic rings. The summed E-state index contributed by atoms with van der Waals surface area (Å²) in [6.07, 6.45) is 0. The molecule has 1 N–H and O–H groups in total. The Morgan fingerprint density at radius 3 is 2.33 bits per heavy atom. The minimum absolute atomic E-state index is 0.182. The second-order valence-electron chi connectivity index (χ2n) is 11.3. The van der Waals surface area contributed by atoms with Gasteiger partial charge >= 0.3 is 0 Å². The summed E-state index contributed by atoms with van der Waals surface area (Å²) in [5.74, 6) is -1.90. The van der Waals surface area contributed by atoms with E-state index in [2.05, 4.69) is 15.5 Å². The molecule has 0 spiro atoms. The third-order valence-corrected chi connectivity index (χ3v) is 7.00. The Kier molecular flexibility index (Phi) is 7.59. The van der Waals surface area contributed by atoms with E-state index in [1.165, 1.54) is 17.1 Å². The van der Waals surface area contributed by atoms with Crippen LogP contribution in [0.2, 0.25) is 0 Å². The molecule has 1 aromatic heterocycles. The number of carbonyl (C=O) groups is 3. The van der Waals surface area contributed by atoms with Crippen LogP contribution in [0.15, 0.2) is 59.0 Å². The van der Waals surface area contributed by atoms with Crippen LogP contribution in [-0.2, 0) is 15.0 Å². The maximum atomic E-state index is 13.4. The molecule has 0 bridgehead atoms. The smallest absolute Gasteiger partial charge is 0.286 e. The van der Waals surface area contributed by atoms with Gasteiger partial charge < -0.3 is 9.73 Å². The topological polar surface area (TPSA) is 109 Å². The molecule has 1 aliphatic rings. The van der Waals surface area contributed by atoms with Crippen molar-refractivity contribution in [2.75, 3.05) is 18.1 Å². The number of nitrogens with one attached hydrogen (secondary N) is 1. The highest BCUT2D eigenvalue weighted by molar-refractivity contribution is 5.99. The van der Waals surface area contributed by atoms with Crippen LogP contribution in [0, 0.1) is 17.2 Å². The Morgan fingerprint density at radius 1 is 1.08 bits per heavy atom. The first-order valence-electron chi connectivity index (χ1n) is 12.9. The predicted octanol–water partition coefficient (Wildman–Crippen LogP) is 4.15. The van der Waals surface area contributed by atoms with E-state index in [0.717, 1.165) is 11.3 Å². The van der Waals surface area contributed by atoms with Crippen molar-refractivity contribution in [1.29, 1.82) is 0 Å². The molecule has 206 valence electrons. The summed E-state index contributed by atoms with van der Waals surface area (Å²) in [7, 11) is 0. The lowest BCUT2D eigenvalue weighted by Crippen LogP contribution is -2.51. The summed E-state index contributed by atoms with van der Waals surface area (Å²) < 4.78 is 19.2. The van der Waals surface area contributed by atoms with E-state index in [-0.39, 0.29) is 36.0 Å². The Morgan fingerprint density at radius 2 is 1.72 bits per heavy atom. The minimum Gasteiger partial charge on any atom is -0.417 e. The third kappa shape index (κ3) is 5.69. The highest BCUT2D eigenvalue weighted by Gasteiger charge is 2.45. The van der Waals surface area contributed by atoms with Crippen molar-refractivity contribution in [2.45, 2.75) is 53.0 Å². The third-order valence-electron chi connectivity index (χ3n) is 7.00. The van der Waals surface area contributed by atoms with Crippen molar-refractivity contribution in [3.05, 3.63) is 77.8 Å². The van der Waals surface area contributed by atoms with Gasteiger partial charge in [0.1, 0.15) is 12.4 Å². The van der Waals surface area contributed by atoms with E-state index >= 15 is 0 Å². The molecule has 0 saturated carbocycles. The number of carbonyl (C=O) groups excluding carboxylic acids is 3. The number of hydrazine groups is 1. The summed E-state index contributed by atoms with van der Waals surface area (Å²) in [6, 6.07) is 14.3. The molecule has 4 rings (SSSR count). The SMILES string of the molecule is CC(C)[C@H](NC(=O)CN1C(=O)C(C)(C)CN1c1ccccc1)C(=O)c1nnc(C(C)(C)c2ccc(F)cc2)o1. The second-order valence-corrected chi connectivity index (χ2v) is 11.3. The molecule has 1 aliphatic heterocycles. The van der Waals surface area contributed by atoms with Crippen molar-refractivity contribution in [3.63, 3.8) is 0 Å². The average Bonchev–Trinajstić information content (AvgIpc) is 3.48. The van der Waals surface area contributed by atoms with Crippen LogP contribution in [0.1, 0.15) is 63.7 Å². The number of anilines is 1. The van der Waals surface area contributed by atoms with E-state index in [9.17, 15) is 18.8 Å². The van der Waals surface area contributed by atoms with E-state index in [0.29, 0.717) is 6.54 Å². The van der Waals surface area contributed by atoms with Gasteiger partial charge in [0.15, 0.2) is 0 Å². The Bertz CT molecular complexity index is 1350. The van der Waals surface area contributed by atoms with Crippen molar-refractivity contribution in [2.24, 2.45) is 11.3 Å². The van der Waals surface area contributed by atoms with Crippen molar-refractivity contribution in [1.82, 2.24) is 20.5 Å². The zero-order valence-electron chi connectivity index (χ0n) is 23.1. The number of amides is 2. The molecule has 9 nitrogen and oxygen atoms in total. The average molecular weight is 536 g/mol. The fourth-order valence-corrected chi connectivity index (χ4v) is 4.56. The zero-order valence-corrected chi connectivity index (χ0v) is 23.1. The van der Waals surface area contributed by atoms with Crippen LogP contribution >= 0.6 is 0 Å². The lowest BCUT2D eigenvalue weighted by atomic mass is 9.84. The lowest BCUT2D eigenvalue weighted by Gasteiger charge is -2.30. The summed E-state index contributed by atoms with van der Waals surface area (Å²) in [6.45, 7) is 11.1. The number of aromatic nitrogens is 2. The monoisotopic (exact) mass is 535 g/mol. The summed E-state index contributed by atoms with van der Waals surface area (Å²) >= 11 is 0. The van der Waals surface area contributed by atoms with Crippen LogP contribution in [0.3, 0.4) is 0 Å². The van der Waals surface area contributed by atoms with Gasteiger partial charge in [-0.05, 0) is 63.4 Å². The first-order valence-corrected chi connectivity index (χ1v) is 12.9. The maximum absolute atomic E-state index is 13.4. The van der Waals surface area contributed by atoms with Gasteiger partial charge in [0.2, 0.25) is 23.5 Å². The largest absolute Gasteiger partial charge is 0.417 e. The number of benzene rings is 2. The van der Waals surface area contributed by atoms with Gasteiger partial charge in [-0.2, -0.15) is 0 Å². The van der Waals surface area contributed by atoms with E-state index in [1.807, 2.05) is 58.0 Å². The Hall–Kier alpha value is -4.08. The van der Waals surface area contributed by atoms with Crippen molar-refractivity contribution < 1.29 is 23.2 Å². The fraction of sp³-hybridized carbons (Fsp3) is 0.414. The highest BCUT2D eigenvalue weighted by atomic mass is 19.1. The number of Topliss-reactive ketones (excluding diaryl/α,β-unsaturated/α-hetero) is 1. The molecular weight excluding hydrogens is 501 g/mol. The van der Waals surface area contributed by atoms with Gasteiger partial charge in [0.25, 0.3) is 5.89 Å². The molecule has 0 radical (unpaired) electrons. The lowest BCUT2D eigenvalue weighted by molar-refractivity contribution is -0.138. The predicted molar refractivity (Wildman–Crippen MR) is 143 cm³/mol. The van der Waals surface area contributed by atoms with Gasteiger partial charge in [-0.15, -0.1) is 10.2 Å². The van der Waals surface area contributed by atoms with E-state index in [1.54, 1.807) is 31.0 Å². The van der Waals surface area contributed by atoms with Gasteiger partial charge in [-0.3, -0.25) is 19.4 Å². The van der Waals surface area contributed by atoms with Gasteiger partial charge in [-0.1, -0.05) is 44.2 Å². The molecule has 10 heteroatoms. The normalized spacial score (nSPS) is 16.1. The van der Waals surface area contributed by atoms with Gasteiger partial charge in [0, 0.05) is 0 Å². The van der Waals surface area contributed by atoms with Crippen molar-refractivity contribution in [3.8, 4) is 0 Å². The summed E-state index contributed by atoms with van der Waals surface area (Å²) in [5, 5.41) is 14.0. The Labute approximate surface area is 227 Å². The number of nitrogens with zero attached hydrogens (tertiary/aromatic N) is 4. The van der Waals surface area contributed by atoms with Gasteiger partial charge in [-0.25, -0.2) is 9.40 Å². The molecular formula is C29H34FN5O4. The number of hydrogen-bond donors (Lipinski definition) is 1. The molecule has 39 heavy (non-hydrogen) atoms. The molecule has 1 saturated heterocycles. The first kappa shape index (κ1) is 27.9. The van der Waals surface area contributed by atoms with Crippen LogP contribution in [0.5, 0.6) is 0 Å². The molecule has 2 aromatic carbocycles.